The molecule has 0 aliphatic rings. The molecule has 6 nitrogen and oxygen atoms in total. The molecule has 1 aromatic carbocycles. The number of benzene rings is 1. The van der Waals surface area contributed by atoms with Gasteiger partial charge in [-0.3, -0.25) is 9.59 Å². The van der Waals surface area contributed by atoms with Crippen molar-refractivity contribution in [1.29, 1.82) is 0 Å². The highest BCUT2D eigenvalue weighted by Gasteiger charge is 2.19. The maximum Gasteiger partial charge on any atom is 0.240 e. The average molecular weight is 251 g/mol. The van der Waals surface area contributed by atoms with E-state index in [4.69, 9.17) is 10.5 Å². The summed E-state index contributed by atoms with van der Waals surface area (Å²) in [5.41, 5.74) is 5.88. The lowest BCUT2D eigenvalue weighted by Crippen LogP contribution is -2.39. The van der Waals surface area contributed by atoms with Gasteiger partial charge in [-0.05, 0) is 12.1 Å². The number of carbonyl (C=O) groups excluding carboxylic acids is 2. The summed E-state index contributed by atoms with van der Waals surface area (Å²) in [4.78, 5) is 22.6. The first-order chi connectivity index (χ1) is 8.58. The van der Waals surface area contributed by atoms with Crippen LogP contribution in [0.25, 0.3) is 0 Å². The van der Waals surface area contributed by atoms with E-state index >= 15 is 0 Å². The highest BCUT2D eigenvalue weighted by atomic mass is 16.5. The van der Waals surface area contributed by atoms with E-state index in [9.17, 15) is 9.59 Å². The van der Waals surface area contributed by atoms with Crippen molar-refractivity contribution in [1.82, 2.24) is 5.32 Å². The van der Waals surface area contributed by atoms with Crippen molar-refractivity contribution >= 4 is 17.5 Å². The molecular weight excluding hydrogens is 234 g/mol. The van der Waals surface area contributed by atoms with Crippen LogP contribution in [0.5, 0.6) is 5.75 Å². The highest BCUT2D eigenvalue weighted by molar-refractivity contribution is 5.89. The number of anilines is 1. The fraction of sp³-hybridized carbons (Fsp3) is 0.333. The van der Waals surface area contributed by atoms with Crippen LogP contribution in [0.4, 0.5) is 5.69 Å². The van der Waals surface area contributed by atoms with Crippen molar-refractivity contribution in [2.45, 2.75) is 12.5 Å². The molecule has 4 N–H and O–H groups in total. The van der Waals surface area contributed by atoms with Gasteiger partial charge in [0.05, 0.1) is 19.2 Å². The van der Waals surface area contributed by atoms with E-state index in [1.807, 2.05) is 6.07 Å². The van der Waals surface area contributed by atoms with E-state index in [-0.39, 0.29) is 12.3 Å². The fourth-order valence-corrected chi connectivity index (χ4v) is 1.46. The van der Waals surface area contributed by atoms with Gasteiger partial charge in [0.25, 0.3) is 0 Å². The van der Waals surface area contributed by atoms with E-state index in [2.05, 4.69) is 10.6 Å². The smallest absolute Gasteiger partial charge is 0.240 e. The molecule has 0 aromatic heterocycles. The van der Waals surface area contributed by atoms with Crippen molar-refractivity contribution < 1.29 is 14.3 Å². The second-order valence-electron chi connectivity index (χ2n) is 3.68. The number of ether oxygens (including phenoxy) is 1. The Kier molecular flexibility index (Phi) is 4.98. The van der Waals surface area contributed by atoms with Crippen LogP contribution in [0.3, 0.4) is 0 Å². The van der Waals surface area contributed by atoms with Gasteiger partial charge in [-0.15, -0.1) is 0 Å². The minimum Gasteiger partial charge on any atom is -0.495 e. The highest BCUT2D eigenvalue weighted by Crippen LogP contribution is 2.24. The van der Waals surface area contributed by atoms with Gasteiger partial charge in [0.2, 0.25) is 11.8 Å². The second kappa shape index (κ2) is 6.48. The Morgan fingerprint density at radius 1 is 1.39 bits per heavy atom. The van der Waals surface area contributed by atoms with Crippen LogP contribution in [0.1, 0.15) is 6.42 Å². The summed E-state index contributed by atoms with van der Waals surface area (Å²) in [6.07, 6.45) is -0.0239. The van der Waals surface area contributed by atoms with E-state index in [1.165, 1.54) is 14.2 Å². The van der Waals surface area contributed by atoms with Gasteiger partial charge in [0.1, 0.15) is 11.8 Å². The zero-order chi connectivity index (χ0) is 13.5. The molecule has 0 saturated carbocycles. The minimum absolute atomic E-state index is 0.0239. The van der Waals surface area contributed by atoms with Crippen molar-refractivity contribution in [2.75, 3.05) is 19.5 Å². The van der Waals surface area contributed by atoms with E-state index in [0.717, 1.165) is 0 Å². The summed E-state index contributed by atoms with van der Waals surface area (Å²) in [5.74, 6) is -0.272. The van der Waals surface area contributed by atoms with Gasteiger partial charge in [0, 0.05) is 7.05 Å². The Hall–Kier alpha value is -2.24. The molecule has 1 unspecified atom stereocenters. The molecule has 0 spiro atoms. The quantitative estimate of drug-likeness (QED) is 0.668. The zero-order valence-corrected chi connectivity index (χ0v) is 10.4. The maximum atomic E-state index is 11.3. The summed E-state index contributed by atoms with van der Waals surface area (Å²) < 4.78 is 5.14. The number of amides is 2. The van der Waals surface area contributed by atoms with Crippen molar-refractivity contribution in [3.8, 4) is 5.75 Å². The van der Waals surface area contributed by atoms with Gasteiger partial charge in [-0.1, -0.05) is 12.1 Å². The second-order valence-corrected chi connectivity index (χ2v) is 3.68. The predicted octanol–water partition coefficient (Wildman–Crippen LogP) is 0.0971. The first-order valence-corrected chi connectivity index (χ1v) is 5.48. The predicted molar refractivity (Wildman–Crippen MR) is 68.3 cm³/mol. The number of nitrogens with one attached hydrogen (secondary N) is 2. The van der Waals surface area contributed by atoms with E-state index in [1.54, 1.807) is 18.2 Å². The third-order valence-corrected chi connectivity index (χ3v) is 2.45. The van der Waals surface area contributed by atoms with Gasteiger partial charge in [0.15, 0.2) is 0 Å². The number of nitrogens with two attached hydrogens (primary N) is 1. The summed E-state index contributed by atoms with van der Waals surface area (Å²) in [5, 5.41) is 5.35. The fourth-order valence-electron chi connectivity index (χ4n) is 1.46. The number of primary amides is 1. The number of methoxy groups -OCH3 is 1. The third kappa shape index (κ3) is 3.65. The number of para-hydroxylation sites is 2. The van der Waals surface area contributed by atoms with Gasteiger partial charge < -0.3 is 21.1 Å². The van der Waals surface area contributed by atoms with Crippen LogP contribution < -0.4 is 21.1 Å². The van der Waals surface area contributed by atoms with Crippen LogP contribution >= 0.6 is 0 Å². The van der Waals surface area contributed by atoms with Crippen molar-refractivity contribution in [3.63, 3.8) is 0 Å². The molecule has 0 aliphatic carbocycles. The van der Waals surface area contributed by atoms with Gasteiger partial charge >= 0.3 is 0 Å². The Balaban J connectivity index is 2.83. The topological polar surface area (TPSA) is 93.4 Å². The van der Waals surface area contributed by atoms with Crippen molar-refractivity contribution in [2.24, 2.45) is 5.73 Å². The molecule has 0 fully saturated rings. The Labute approximate surface area is 105 Å². The number of rotatable bonds is 6. The summed E-state index contributed by atoms with van der Waals surface area (Å²) in [6.45, 7) is 0. The SMILES string of the molecule is CNC(=O)CC(Nc1ccccc1OC)C(N)=O. The Morgan fingerprint density at radius 3 is 2.61 bits per heavy atom. The summed E-state index contributed by atoms with van der Waals surface area (Å²) in [7, 11) is 3.03. The van der Waals surface area contributed by atoms with Gasteiger partial charge in [-0.25, -0.2) is 0 Å². The van der Waals surface area contributed by atoms with Crippen molar-refractivity contribution in [3.05, 3.63) is 24.3 Å². The molecule has 1 aromatic rings. The lowest BCUT2D eigenvalue weighted by molar-refractivity contribution is -0.125. The summed E-state index contributed by atoms with van der Waals surface area (Å²) in [6, 6.07) is 6.32. The lowest BCUT2D eigenvalue weighted by atomic mass is 10.1. The number of hydrogen-bond donors (Lipinski definition) is 3. The molecule has 0 bridgehead atoms. The molecule has 0 saturated heterocycles. The zero-order valence-electron chi connectivity index (χ0n) is 10.4. The molecule has 2 amide bonds. The largest absolute Gasteiger partial charge is 0.495 e. The third-order valence-electron chi connectivity index (χ3n) is 2.45. The maximum absolute atomic E-state index is 11.3. The van der Waals surface area contributed by atoms with Crippen LogP contribution in [0, 0.1) is 0 Å². The lowest BCUT2D eigenvalue weighted by Gasteiger charge is -2.17. The summed E-state index contributed by atoms with van der Waals surface area (Å²) >= 11 is 0. The minimum atomic E-state index is -0.777. The first-order valence-electron chi connectivity index (χ1n) is 5.48. The molecule has 0 heterocycles. The molecule has 98 valence electrons. The van der Waals surface area contributed by atoms with Crippen LogP contribution in [0.2, 0.25) is 0 Å². The van der Waals surface area contributed by atoms with E-state index in [0.29, 0.717) is 11.4 Å². The molecule has 1 atom stereocenters. The molecular formula is C12H17N3O3. The Bertz CT molecular complexity index is 434. The van der Waals surface area contributed by atoms with Crippen LogP contribution in [0.15, 0.2) is 24.3 Å². The van der Waals surface area contributed by atoms with Crippen LogP contribution in [-0.4, -0.2) is 32.0 Å². The molecule has 1 rings (SSSR count). The Morgan fingerprint density at radius 2 is 2.06 bits per heavy atom. The molecule has 0 radical (unpaired) electrons. The average Bonchev–Trinajstić information content (AvgIpc) is 2.38. The normalized spacial score (nSPS) is 11.4. The number of hydrogen-bond acceptors (Lipinski definition) is 4. The molecule has 18 heavy (non-hydrogen) atoms. The van der Waals surface area contributed by atoms with E-state index < -0.39 is 11.9 Å². The molecule has 0 aliphatic heterocycles. The number of carbonyl (C=O) groups is 2. The monoisotopic (exact) mass is 251 g/mol. The first kappa shape index (κ1) is 13.8. The van der Waals surface area contributed by atoms with Crippen LogP contribution in [-0.2, 0) is 9.59 Å². The molecule has 6 heteroatoms. The standard InChI is InChI=1S/C12H17N3O3/c1-14-11(16)7-9(12(13)17)15-8-5-3-4-6-10(8)18-2/h3-6,9,15H,7H2,1-2H3,(H2,13,17)(H,14,16). The van der Waals surface area contributed by atoms with Gasteiger partial charge in [-0.2, -0.15) is 0 Å².